The van der Waals surface area contributed by atoms with Crippen LogP contribution in [0.15, 0.2) is 52.9 Å². The van der Waals surface area contributed by atoms with E-state index in [4.69, 9.17) is 9.47 Å². The Morgan fingerprint density at radius 3 is 2.63 bits per heavy atom. The van der Waals surface area contributed by atoms with Gasteiger partial charge in [0.15, 0.2) is 0 Å². The van der Waals surface area contributed by atoms with Gasteiger partial charge in [-0.05, 0) is 49.6 Å². The minimum absolute atomic E-state index is 0.165. The second-order valence-electron chi connectivity index (χ2n) is 6.74. The Kier molecular flexibility index (Phi) is 7.57. The molecule has 0 unspecified atom stereocenters. The standard InChI is InChI=1S/C23H25N3O3S/c1-4-28-22(27)12-19-15-30-23(25-19)26-24-13-21-16(2)10-20(11-17(21)3)29-14-18-8-6-5-7-9-18/h5-11,13,15H,4,12,14H2,1-3H3,(H,25,26). The summed E-state index contributed by atoms with van der Waals surface area (Å²) >= 11 is 1.40. The highest BCUT2D eigenvalue weighted by atomic mass is 32.1. The Morgan fingerprint density at radius 1 is 1.20 bits per heavy atom. The summed E-state index contributed by atoms with van der Waals surface area (Å²) in [6, 6.07) is 14.1. The molecule has 2 aromatic carbocycles. The summed E-state index contributed by atoms with van der Waals surface area (Å²) in [5, 5.41) is 6.75. The fourth-order valence-electron chi connectivity index (χ4n) is 2.91. The predicted molar refractivity (Wildman–Crippen MR) is 120 cm³/mol. The van der Waals surface area contributed by atoms with Crippen LogP contribution in [-0.2, 0) is 22.6 Å². The maximum Gasteiger partial charge on any atom is 0.311 e. The van der Waals surface area contributed by atoms with Gasteiger partial charge in [0.05, 0.1) is 24.9 Å². The summed E-state index contributed by atoms with van der Waals surface area (Å²) in [7, 11) is 0. The first-order chi connectivity index (χ1) is 14.5. The molecule has 0 saturated carbocycles. The largest absolute Gasteiger partial charge is 0.489 e. The number of hydrazone groups is 1. The molecule has 3 aromatic rings. The lowest BCUT2D eigenvalue weighted by atomic mass is 10.0. The zero-order chi connectivity index (χ0) is 21.3. The quantitative estimate of drug-likeness (QED) is 0.301. The first-order valence-corrected chi connectivity index (χ1v) is 10.6. The van der Waals surface area contributed by atoms with Gasteiger partial charge in [0, 0.05) is 10.9 Å². The maximum absolute atomic E-state index is 11.5. The van der Waals surface area contributed by atoms with E-state index >= 15 is 0 Å². The highest BCUT2D eigenvalue weighted by Crippen LogP contribution is 2.22. The Hall–Kier alpha value is -3.19. The molecule has 156 valence electrons. The van der Waals surface area contributed by atoms with Crippen molar-refractivity contribution >= 4 is 28.7 Å². The first-order valence-electron chi connectivity index (χ1n) is 9.72. The molecule has 0 bridgehead atoms. The van der Waals surface area contributed by atoms with E-state index in [9.17, 15) is 4.79 Å². The molecule has 0 aliphatic rings. The Morgan fingerprint density at radius 2 is 1.93 bits per heavy atom. The van der Waals surface area contributed by atoms with Crippen LogP contribution in [-0.4, -0.2) is 23.8 Å². The Balaban J connectivity index is 1.59. The summed E-state index contributed by atoms with van der Waals surface area (Å²) in [5.41, 5.74) is 7.91. The van der Waals surface area contributed by atoms with Crippen LogP contribution >= 0.6 is 11.3 Å². The van der Waals surface area contributed by atoms with Crippen molar-refractivity contribution in [2.75, 3.05) is 12.0 Å². The van der Waals surface area contributed by atoms with Crippen LogP contribution in [0.25, 0.3) is 0 Å². The molecule has 3 rings (SSSR count). The number of carbonyl (C=O) groups is 1. The van der Waals surface area contributed by atoms with Gasteiger partial charge >= 0.3 is 5.97 Å². The van der Waals surface area contributed by atoms with Crippen molar-refractivity contribution in [2.45, 2.75) is 33.8 Å². The zero-order valence-electron chi connectivity index (χ0n) is 17.3. The van der Waals surface area contributed by atoms with Crippen molar-refractivity contribution in [3.8, 4) is 5.75 Å². The molecule has 6 nitrogen and oxygen atoms in total. The molecule has 0 fully saturated rings. The minimum atomic E-state index is -0.279. The van der Waals surface area contributed by atoms with Crippen molar-refractivity contribution in [3.63, 3.8) is 0 Å². The lowest BCUT2D eigenvalue weighted by molar-refractivity contribution is -0.142. The molecule has 1 aromatic heterocycles. The third kappa shape index (κ3) is 6.15. The molecular weight excluding hydrogens is 398 g/mol. The van der Waals surface area contributed by atoms with E-state index in [0.717, 1.165) is 28.0 Å². The predicted octanol–water partition coefficient (Wildman–Crippen LogP) is 4.89. The number of hydrogen-bond donors (Lipinski definition) is 1. The van der Waals surface area contributed by atoms with Gasteiger partial charge in [-0.2, -0.15) is 5.10 Å². The van der Waals surface area contributed by atoms with E-state index in [2.05, 4.69) is 15.5 Å². The van der Waals surface area contributed by atoms with Crippen LogP contribution in [0.5, 0.6) is 5.75 Å². The summed E-state index contributed by atoms with van der Waals surface area (Å²) in [5.74, 6) is 0.557. The molecule has 0 aliphatic heterocycles. The molecule has 0 saturated heterocycles. The third-order valence-corrected chi connectivity index (χ3v) is 5.15. The third-order valence-electron chi connectivity index (χ3n) is 4.35. The minimum Gasteiger partial charge on any atom is -0.489 e. The van der Waals surface area contributed by atoms with Gasteiger partial charge in [-0.15, -0.1) is 11.3 Å². The number of benzene rings is 2. The van der Waals surface area contributed by atoms with Gasteiger partial charge < -0.3 is 9.47 Å². The van der Waals surface area contributed by atoms with Crippen LogP contribution in [0.2, 0.25) is 0 Å². The maximum atomic E-state index is 11.5. The first kappa shape index (κ1) is 21.5. The molecule has 1 heterocycles. The van der Waals surface area contributed by atoms with Gasteiger partial charge in [0.1, 0.15) is 12.4 Å². The molecular formula is C23H25N3O3S. The smallest absolute Gasteiger partial charge is 0.311 e. The number of nitrogens with one attached hydrogen (secondary N) is 1. The molecule has 0 aliphatic carbocycles. The van der Waals surface area contributed by atoms with Crippen LogP contribution in [0.1, 0.15) is 34.9 Å². The molecule has 30 heavy (non-hydrogen) atoms. The SMILES string of the molecule is CCOC(=O)Cc1csc(NN=Cc2c(C)cc(OCc3ccccc3)cc2C)n1. The summed E-state index contributed by atoms with van der Waals surface area (Å²) in [6.45, 7) is 6.75. The van der Waals surface area contributed by atoms with E-state index in [1.165, 1.54) is 11.3 Å². The Bertz CT molecular complexity index is 993. The normalized spacial score (nSPS) is 10.9. The topological polar surface area (TPSA) is 72.8 Å². The molecule has 0 atom stereocenters. The van der Waals surface area contributed by atoms with Gasteiger partial charge in [-0.1, -0.05) is 30.3 Å². The van der Waals surface area contributed by atoms with Crippen molar-refractivity contribution in [3.05, 3.63) is 75.8 Å². The van der Waals surface area contributed by atoms with E-state index in [-0.39, 0.29) is 12.4 Å². The number of hydrogen-bond acceptors (Lipinski definition) is 7. The fraction of sp³-hybridized carbons (Fsp3) is 0.261. The number of aryl methyl sites for hydroxylation is 2. The fourth-order valence-corrected chi connectivity index (χ4v) is 3.57. The molecule has 0 amide bonds. The number of anilines is 1. The number of aromatic nitrogens is 1. The number of thiazole rings is 1. The number of esters is 1. The van der Waals surface area contributed by atoms with Gasteiger partial charge in [-0.25, -0.2) is 4.98 Å². The second kappa shape index (κ2) is 10.5. The average Bonchev–Trinajstić information content (AvgIpc) is 3.16. The van der Waals surface area contributed by atoms with E-state index < -0.39 is 0 Å². The average molecular weight is 424 g/mol. The van der Waals surface area contributed by atoms with E-state index in [0.29, 0.717) is 24.0 Å². The van der Waals surface area contributed by atoms with Crippen molar-refractivity contribution in [1.82, 2.24) is 4.98 Å². The molecule has 7 heteroatoms. The summed E-state index contributed by atoms with van der Waals surface area (Å²) in [4.78, 5) is 15.9. The highest BCUT2D eigenvalue weighted by molar-refractivity contribution is 7.13. The monoisotopic (exact) mass is 423 g/mol. The van der Waals surface area contributed by atoms with Gasteiger partial charge in [-0.3, -0.25) is 10.2 Å². The summed E-state index contributed by atoms with van der Waals surface area (Å²) < 4.78 is 10.9. The van der Waals surface area contributed by atoms with Crippen molar-refractivity contribution in [1.29, 1.82) is 0 Å². The highest BCUT2D eigenvalue weighted by Gasteiger charge is 2.08. The van der Waals surface area contributed by atoms with Gasteiger partial charge in [0.25, 0.3) is 0 Å². The van der Waals surface area contributed by atoms with Crippen molar-refractivity contribution < 1.29 is 14.3 Å². The van der Waals surface area contributed by atoms with Crippen molar-refractivity contribution in [2.24, 2.45) is 5.10 Å². The number of nitrogens with zero attached hydrogens (tertiary/aromatic N) is 2. The molecule has 0 radical (unpaired) electrons. The number of rotatable bonds is 9. The van der Waals surface area contributed by atoms with Crippen LogP contribution in [0, 0.1) is 13.8 Å². The Labute approximate surface area is 180 Å². The second-order valence-corrected chi connectivity index (χ2v) is 7.60. The van der Waals surface area contributed by atoms with E-state index in [1.807, 2.05) is 61.7 Å². The zero-order valence-corrected chi connectivity index (χ0v) is 18.2. The van der Waals surface area contributed by atoms with E-state index in [1.54, 1.807) is 13.1 Å². The van der Waals surface area contributed by atoms with Crippen LogP contribution in [0.4, 0.5) is 5.13 Å². The van der Waals surface area contributed by atoms with Crippen LogP contribution in [0.3, 0.4) is 0 Å². The number of ether oxygens (including phenoxy) is 2. The van der Waals surface area contributed by atoms with Crippen LogP contribution < -0.4 is 10.2 Å². The molecule has 0 spiro atoms. The lowest BCUT2D eigenvalue weighted by Gasteiger charge is -2.11. The summed E-state index contributed by atoms with van der Waals surface area (Å²) in [6.07, 6.45) is 1.94. The van der Waals surface area contributed by atoms with Gasteiger partial charge in [0.2, 0.25) is 5.13 Å². The molecule has 1 N–H and O–H groups in total. The lowest BCUT2D eigenvalue weighted by Crippen LogP contribution is -2.07. The number of carbonyl (C=O) groups excluding carboxylic acids is 1.